The fraction of sp³-hybridized carbons (Fsp3) is 0.929. The van der Waals surface area contributed by atoms with Crippen LogP contribution in [0.3, 0.4) is 0 Å². The molecule has 1 N–H and O–H groups in total. The van der Waals surface area contributed by atoms with Gasteiger partial charge in [0.15, 0.2) is 9.84 Å². The molecule has 0 spiro atoms. The number of methoxy groups -OCH3 is 1. The Morgan fingerprint density at radius 3 is 2.57 bits per heavy atom. The number of esters is 1. The summed E-state index contributed by atoms with van der Waals surface area (Å²) in [7, 11) is -1.52. The molecular formula is C14H28N2O4S. The molecule has 0 saturated carbocycles. The summed E-state index contributed by atoms with van der Waals surface area (Å²) in [4.78, 5) is 14.2. The highest BCUT2D eigenvalue weighted by atomic mass is 32.2. The zero-order valence-electron chi connectivity index (χ0n) is 13.7. The molecule has 0 aromatic heterocycles. The van der Waals surface area contributed by atoms with Crippen LogP contribution in [0.2, 0.25) is 0 Å². The van der Waals surface area contributed by atoms with Crippen molar-refractivity contribution in [2.24, 2.45) is 0 Å². The third kappa shape index (κ3) is 5.23. The summed E-state index contributed by atoms with van der Waals surface area (Å²) in [6.07, 6.45) is 0.586. The summed E-state index contributed by atoms with van der Waals surface area (Å²) >= 11 is 0. The smallest absolute Gasteiger partial charge is 0.325 e. The number of hydrogen-bond donors (Lipinski definition) is 1. The van der Waals surface area contributed by atoms with Crippen LogP contribution in [0.5, 0.6) is 0 Å². The van der Waals surface area contributed by atoms with E-state index in [0.29, 0.717) is 19.5 Å². The number of carbonyl (C=O) groups excluding carboxylic acids is 1. The molecular weight excluding hydrogens is 292 g/mol. The van der Waals surface area contributed by atoms with Gasteiger partial charge in [-0.05, 0) is 34.1 Å². The molecule has 1 heterocycles. The zero-order valence-corrected chi connectivity index (χ0v) is 14.5. The van der Waals surface area contributed by atoms with Crippen LogP contribution >= 0.6 is 0 Å². The summed E-state index contributed by atoms with van der Waals surface area (Å²) in [6.45, 7) is 8.92. The molecule has 21 heavy (non-hydrogen) atoms. The van der Waals surface area contributed by atoms with E-state index in [-0.39, 0.29) is 29.6 Å². The molecule has 7 heteroatoms. The summed E-state index contributed by atoms with van der Waals surface area (Å²) in [5, 5.41) is 3.26. The Morgan fingerprint density at radius 1 is 1.48 bits per heavy atom. The first-order valence-corrected chi connectivity index (χ1v) is 9.22. The molecule has 2 atom stereocenters. The van der Waals surface area contributed by atoms with E-state index in [1.807, 2.05) is 27.7 Å². The first-order valence-electron chi connectivity index (χ1n) is 7.40. The minimum absolute atomic E-state index is 0.00954. The van der Waals surface area contributed by atoms with Crippen LogP contribution < -0.4 is 5.32 Å². The van der Waals surface area contributed by atoms with E-state index < -0.39 is 15.4 Å². The van der Waals surface area contributed by atoms with Crippen LogP contribution in [0.15, 0.2) is 0 Å². The van der Waals surface area contributed by atoms with Crippen molar-refractivity contribution in [3.63, 3.8) is 0 Å². The van der Waals surface area contributed by atoms with Crippen molar-refractivity contribution in [1.29, 1.82) is 0 Å². The second-order valence-electron chi connectivity index (χ2n) is 6.37. The second kappa shape index (κ2) is 7.07. The summed E-state index contributed by atoms with van der Waals surface area (Å²) in [6, 6.07) is 0.151. The fourth-order valence-corrected chi connectivity index (χ4v) is 4.45. The van der Waals surface area contributed by atoms with Gasteiger partial charge in [0.2, 0.25) is 0 Å². The number of carbonyl (C=O) groups is 1. The van der Waals surface area contributed by atoms with Crippen molar-refractivity contribution in [3.05, 3.63) is 0 Å². The van der Waals surface area contributed by atoms with Gasteiger partial charge in [-0.25, -0.2) is 8.42 Å². The van der Waals surface area contributed by atoms with Crippen molar-refractivity contribution in [3.8, 4) is 0 Å². The van der Waals surface area contributed by atoms with Gasteiger partial charge >= 0.3 is 5.97 Å². The van der Waals surface area contributed by atoms with Gasteiger partial charge in [-0.15, -0.1) is 0 Å². The van der Waals surface area contributed by atoms with E-state index in [4.69, 9.17) is 4.74 Å². The van der Waals surface area contributed by atoms with E-state index in [9.17, 15) is 13.2 Å². The Bertz CT molecular complexity index is 464. The Kier molecular flexibility index (Phi) is 6.19. The lowest BCUT2D eigenvalue weighted by Gasteiger charge is -2.37. The van der Waals surface area contributed by atoms with Gasteiger partial charge in [0.25, 0.3) is 0 Å². The lowest BCUT2D eigenvalue weighted by Crippen LogP contribution is -2.56. The highest BCUT2D eigenvalue weighted by Gasteiger charge is 2.36. The monoisotopic (exact) mass is 320 g/mol. The predicted molar refractivity (Wildman–Crippen MR) is 83.0 cm³/mol. The highest BCUT2D eigenvalue weighted by Crippen LogP contribution is 2.18. The second-order valence-corrected chi connectivity index (χ2v) is 8.60. The van der Waals surface area contributed by atoms with Gasteiger partial charge in [-0.1, -0.05) is 0 Å². The largest absolute Gasteiger partial charge is 0.468 e. The Morgan fingerprint density at radius 2 is 2.10 bits per heavy atom. The zero-order chi connectivity index (χ0) is 16.3. The maximum atomic E-state index is 12.0. The first-order chi connectivity index (χ1) is 9.59. The SMILES string of the molecule is COC(=O)C(C)(CCN1CCS(=O)(=O)CC1C)NC(C)C. The van der Waals surface area contributed by atoms with Gasteiger partial charge in [-0.2, -0.15) is 0 Å². The molecule has 0 aromatic carbocycles. The van der Waals surface area contributed by atoms with E-state index in [0.717, 1.165) is 0 Å². The van der Waals surface area contributed by atoms with E-state index >= 15 is 0 Å². The minimum atomic E-state index is -2.91. The molecule has 6 nitrogen and oxygen atoms in total. The Labute approximate surface area is 128 Å². The topological polar surface area (TPSA) is 75.7 Å². The minimum Gasteiger partial charge on any atom is -0.468 e. The van der Waals surface area contributed by atoms with Crippen LogP contribution in [-0.4, -0.2) is 68.6 Å². The van der Waals surface area contributed by atoms with Gasteiger partial charge in [0.05, 0.1) is 18.6 Å². The summed E-state index contributed by atoms with van der Waals surface area (Å²) in [5.74, 6) is 0.108. The number of rotatable bonds is 6. The van der Waals surface area contributed by atoms with Crippen LogP contribution in [0.4, 0.5) is 0 Å². The molecule has 2 unspecified atom stereocenters. The van der Waals surface area contributed by atoms with E-state index in [1.165, 1.54) is 7.11 Å². The van der Waals surface area contributed by atoms with Gasteiger partial charge in [0.1, 0.15) is 5.54 Å². The number of nitrogens with one attached hydrogen (secondary N) is 1. The van der Waals surface area contributed by atoms with Crippen molar-refractivity contribution < 1.29 is 17.9 Å². The molecule has 0 amide bonds. The maximum absolute atomic E-state index is 12.0. The first kappa shape index (κ1) is 18.4. The third-order valence-corrected chi connectivity index (χ3v) is 5.75. The lowest BCUT2D eigenvalue weighted by molar-refractivity contribution is -0.148. The summed E-state index contributed by atoms with van der Waals surface area (Å²) < 4.78 is 28.1. The average molecular weight is 320 g/mol. The van der Waals surface area contributed by atoms with Crippen LogP contribution in [-0.2, 0) is 19.4 Å². The third-order valence-electron chi connectivity index (χ3n) is 3.95. The predicted octanol–water partition coefficient (Wildman–Crippen LogP) is 0.425. The fourth-order valence-electron chi connectivity index (χ4n) is 2.83. The molecule has 124 valence electrons. The standard InChI is InChI=1S/C14H28N2O4S/c1-11(2)15-14(4,13(17)20-5)6-7-16-8-9-21(18,19)10-12(16)3/h11-12,15H,6-10H2,1-5H3. The highest BCUT2D eigenvalue weighted by molar-refractivity contribution is 7.91. The molecule has 1 fully saturated rings. The Hall–Kier alpha value is -0.660. The van der Waals surface area contributed by atoms with Crippen LogP contribution in [0.25, 0.3) is 0 Å². The molecule has 0 aromatic rings. The van der Waals surface area contributed by atoms with Gasteiger partial charge in [0, 0.05) is 25.2 Å². The van der Waals surface area contributed by atoms with Crippen LogP contribution in [0.1, 0.15) is 34.1 Å². The molecule has 1 saturated heterocycles. The van der Waals surface area contributed by atoms with Crippen molar-refractivity contribution in [2.75, 3.05) is 31.7 Å². The molecule has 1 rings (SSSR count). The van der Waals surface area contributed by atoms with Gasteiger partial charge in [-0.3, -0.25) is 15.0 Å². The van der Waals surface area contributed by atoms with E-state index in [2.05, 4.69) is 10.2 Å². The Balaban J connectivity index is 2.67. The van der Waals surface area contributed by atoms with Crippen molar-refractivity contribution >= 4 is 15.8 Å². The quantitative estimate of drug-likeness (QED) is 0.715. The van der Waals surface area contributed by atoms with E-state index in [1.54, 1.807) is 0 Å². The van der Waals surface area contributed by atoms with Gasteiger partial charge < -0.3 is 4.74 Å². The van der Waals surface area contributed by atoms with Crippen LogP contribution in [0, 0.1) is 0 Å². The van der Waals surface area contributed by atoms with Crippen molar-refractivity contribution in [1.82, 2.24) is 10.2 Å². The van der Waals surface area contributed by atoms with Crippen molar-refractivity contribution in [2.45, 2.75) is 51.7 Å². The molecule has 1 aliphatic heterocycles. The average Bonchev–Trinajstić information content (AvgIpc) is 2.35. The molecule has 0 aliphatic carbocycles. The normalized spacial score (nSPS) is 25.5. The maximum Gasteiger partial charge on any atom is 0.325 e. The number of ether oxygens (including phenoxy) is 1. The number of nitrogens with zero attached hydrogens (tertiary/aromatic N) is 1. The molecule has 0 bridgehead atoms. The molecule has 0 radical (unpaired) electrons. The lowest BCUT2D eigenvalue weighted by atomic mass is 9.96. The molecule has 1 aliphatic rings. The number of hydrogen-bond acceptors (Lipinski definition) is 6. The number of sulfone groups is 1. The summed E-state index contributed by atoms with van der Waals surface area (Å²) in [5.41, 5.74) is -0.751.